The van der Waals surface area contributed by atoms with Gasteiger partial charge in [-0.3, -0.25) is 4.99 Å². The molecule has 2 rings (SSSR count). The highest BCUT2D eigenvalue weighted by Gasteiger charge is 2.37. The van der Waals surface area contributed by atoms with Gasteiger partial charge < -0.3 is 15.5 Å². The maximum Gasteiger partial charge on any atom is 0.191 e. The summed E-state index contributed by atoms with van der Waals surface area (Å²) in [6, 6.07) is 0.909. The molecule has 98 valence electrons. The zero-order valence-corrected chi connectivity index (χ0v) is 11.7. The van der Waals surface area contributed by atoms with Crippen LogP contribution in [0, 0.1) is 5.92 Å². The first-order valence-corrected chi connectivity index (χ1v) is 6.88. The van der Waals surface area contributed by atoms with Crippen molar-refractivity contribution >= 4 is 17.6 Å². The van der Waals surface area contributed by atoms with Crippen molar-refractivity contribution in [2.45, 2.75) is 37.2 Å². The van der Waals surface area contributed by atoms with Crippen LogP contribution in [-0.4, -0.2) is 55.5 Å². The largest absolute Gasteiger partial charge is 0.355 e. The van der Waals surface area contributed by atoms with Crippen LogP contribution in [0.4, 0.5) is 0 Å². The average molecular weight is 259 g/mol. The first kappa shape index (κ1) is 13.0. The van der Waals surface area contributed by atoms with Gasteiger partial charge in [0.25, 0.3) is 0 Å². The summed E-state index contributed by atoms with van der Waals surface area (Å²) in [5.41, 5.74) is 0. The molecule has 0 saturated heterocycles. The summed E-state index contributed by atoms with van der Waals surface area (Å²) in [7, 11) is 4.30. The minimum Gasteiger partial charge on any atom is -0.355 e. The zero-order chi connectivity index (χ0) is 12.4. The molecule has 0 aromatic carbocycles. The van der Waals surface area contributed by atoms with Crippen molar-refractivity contribution in [3.63, 3.8) is 0 Å². The van der Waals surface area contributed by atoms with Gasteiger partial charge in [0.1, 0.15) is 0 Å². The van der Waals surface area contributed by atoms with Gasteiger partial charge in [0.05, 0.1) is 11.9 Å². The quantitative estimate of drug-likeness (QED) is 0.723. The second-order valence-corrected chi connectivity index (χ2v) is 5.87. The van der Waals surface area contributed by atoms with Crippen molar-refractivity contribution < 1.29 is 0 Å². The van der Waals surface area contributed by atoms with Gasteiger partial charge in [-0.2, -0.15) is 0 Å². The van der Waals surface area contributed by atoms with E-state index in [4.69, 9.17) is 11.6 Å². The molecule has 0 aromatic rings. The summed E-state index contributed by atoms with van der Waals surface area (Å²) < 4.78 is 0. The maximum absolute atomic E-state index is 6.46. The molecule has 1 saturated carbocycles. The molecule has 0 amide bonds. The van der Waals surface area contributed by atoms with Crippen LogP contribution in [0.3, 0.4) is 0 Å². The number of rotatable bonds is 2. The van der Waals surface area contributed by atoms with Gasteiger partial charge in [-0.05, 0) is 32.9 Å². The van der Waals surface area contributed by atoms with E-state index in [1.807, 2.05) is 0 Å². The molecule has 1 aliphatic carbocycles. The predicted molar refractivity (Wildman–Crippen MR) is 72.7 cm³/mol. The Kier molecular flexibility index (Phi) is 4.15. The molecule has 0 radical (unpaired) electrons. The SMILES string of the molecule is CC1C(NC2=NCCN2)C(Cl)CCC1N(C)C. The second kappa shape index (κ2) is 5.44. The Bertz CT molecular complexity index is 292. The summed E-state index contributed by atoms with van der Waals surface area (Å²) in [5, 5.41) is 6.94. The second-order valence-electron chi connectivity index (χ2n) is 5.31. The number of alkyl halides is 1. The maximum atomic E-state index is 6.46. The summed E-state index contributed by atoms with van der Waals surface area (Å²) in [4.78, 5) is 6.70. The van der Waals surface area contributed by atoms with Crippen LogP contribution in [0.1, 0.15) is 19.8 Å². The Morgan fingerprint density at radius 3 is 2.76 bits per heavy atom. The van der Waals surface area contributed by atoms with Crippen molar-refractivity contribution in [3.8, 4) is 0 Å². The number of nitrogens with zero attached hydrogens (tertiary/aromatic N) is 2. The Balaban J connectivity index is 2.01. The summed E-state index contributed by atoms with van der Waals surface area (Å²) in [6.45, 7) is 4.09. The van der Waals surface area contributed by atoms with Gasteiger partial charge in [-0.25, -0.2) is 0 Å². The normalized spacial score (nSPS) is 37.8. The topological polar surface area (TPSA) is 39.7 Å². The first-order chi connectivity index (χ1) is 8.09. The lowest BCUT2D eigenvalue weighted by molar-refractivity contribution is 0.143. The van der Waals surface area contributed by atoms with E-state index in [2.05, 4.69) is 41.5 Å². The van der Waals surface area contributed by atoms with E-state index in [1.165, 1.54) is 6.42 Å². The Morgan fingerprint density at radius 2 is 2.18 bits per heavy atom. The minimum atomic E-state index is 0.200. The number of nitrogens with one attached hydrogen (secondary N) is 2. The molecule has 1 heterocycles. The van der Waals surface area contributed by atoms with Crippen molar-refractivity contribution in [3.05, 3.63) is 0 Å². The lowest BCUT2D eigenvalue weighted by Crippen LogP contribution is -2.56. The van der Waals surface area contributed by atoms with Crippen molar-refractivity contribution in [1.82, 2.24) is 15.5 Å². The van der Waals surface area contributed by atoms with Gasteiger partial charge >= 0.3 is 0 Å². The highest BCUT2D eigenvalue weighted by Crippen LogP contribution is 2.30. The number of hydrogen-bond acceptors (Lipinski definition) is 4. The minimum absolute atomic E-state index is 0.200. The monoisotopic (exact) mass is 258 g/mol. The number of guanidine groups is 1. The van der Waals surface area contributed by atoms with E-state index in [0.29, 0.717) is 18.0 Å². The molecule has 4 nitrogen and oxygen atoms in total. The molecule has 1 fully saturated rings. The molecule has 5 heteroatoms. The van der Waals surface area contributed by atoms with Gasteiger partial charge in [-0.1, -0.05) is 6.92 Å². The smallest absolute Gasteiger partial charge is 0.191 e. The van der Waals surface area contributed by atoms with Crippen LogP contribution in [0.15, 0.2) is 4.99 Å². The van der Waals surface area contributed by atoms with Crippen LogP contribution >= 0.6 is 11.6 Å². The van der Waals surface area contributed by atoms with E-state index in [1.54, 1.807) is 0 Å². The summed E-state index contributed by atoms with van der Waals surface area (Å²) >= 11 is 6.46. The third-order valence-corrected chi connectivity index (χ3v) is 4.43. The number of halogens is 1. The van der Waals surface area contributed by atoms with E-state index in [-0.39, 0.29) is 5.38 Å². The zero-order valence-electron chi connectivity index (χ0n) is 10.9. The molecule has 0 spiro atoms. The highest BCUT2D eigenvalue weighted by molar-refractivity contribution is 6.21. The molecule has 0 aromatic heterocycles. The third-order valence-electron chi connectivity index (χ3n) is 3.94. The van der Waals surface area contributed by atoms with Crippen LogP contribution < -0.4 is 10.6 Å². The van der Waals surface area contributed by atoms with E-state index in [9.17, 15) is 0 Å². The van der Waals surface area contributed by atoms with Crippen LogP contribution in [-0.2, 0) is 0 Å². The molecular formula is C12H23ClN4. The van der Waals surface area contributed by atoms with Gasteiger partial charge in [0.2, 0.25) is 0 Å². The van der Waals surface area contributed by atoms with E-state index in [0.717, 1.165) is 25.5 Å². The average Bonchev–Trinajstić information content (AvgIpc) is 2.76. The fourth-order valence-electron chi connectivity index (χ4n) is 2.94. The highest BCUT2D eigenvalue weighted by atomic mass is 35.5. The Morgan fingerprint density at radius 1 is 1.41 bits per heavy atom. The van der Waals surface area contributed by atoms with Crippen LogP contribution in [0.5, 0.6) is 0 Å². The van der Waals surface area contributed by atoms with Crippen molar-refractivity contribution in [2.75, 3.05) is 27.2 Å². The number of hydrogen-bond donors (Lipinski definition) is 2. The molecule has 4 atom stereocenters. The lowest BCUT2D eigenvalue weighted by Gasteiger charge is -2.42. The standard InChI is InChI=1S/C12H23ClN4/c1-8-10(17(2)3)5-4-9(13)11(8)16-12-14-6-7-15-12/h8-11H,4-7H2,1-3H3,(H2,14,15,16). The lowest BCUT2D eigenvalue weighted by atomic mass is 9.80. The molecular weight excluding hydrogens is 236 g/mol. The van der Waals surface area contributed by atoms with Gasteiger partial charge in [0.15, 0.2) is 5.96 Å². The first-order valence-electron chi connectivity index (χ1n) is 6.45. The van der Waals surface area contributed by atoms with E-state index >= 15 is 0 Å². The molecule has 4 unspecified atom stereocenters. The van der Waals surface area contributed by atoms with Gasteiger partial charge in [0, 0.05) is 18.6 Å². The molecule has 17 heavy (non-hydrogen) atoms. The predicted octanol–water partition coefficient (Wildman–Crippen LogP) is 0.871. The summed E-state index contributed by atoms with van der Waals surface area (Å²) in [6.07, 6.45) is 2.25. The van der Waals surface area contributed by atoms with Crippen molar-refractivity contribution in [2.24, 2.45) is 10.9 Å². The number of aliphatic imine (C=N–C) groups is 1. The summed E-state index contributed by atoms with van der Waals surface area (Å²) in [5.74, 6) is 1.46. The molecule has 2 N–H and O–H groups in total. The molecule has 0 bridgehead atoms. The Labute approximate surface area is 109 Å². The van der Waals surface area contributed by atoms with Crippen LogP contribution in [0.25, 0.3) is 0 Å². The third kappa shape index (κ3) is 2.86. The van der Waals surface area contributed by atoms with Crippen molar-refractivity contribution in [1.29, 1.82) is 0 Å². The Hall–Kier alpha value is -0.480. The fraction of sp³-hybridized carbons (Fsp3) is 0.917. The van der Waals surface area contributed by atoms with Crippen LogP contribution in [0.2, 0.25) is 0 Å². The van der Waals surface area contributed by atoms with Gasteiger partial charge in [-0.15, -0.1) is 11.6 Å². The fourth-order valence-corrected chi connectivity index (χ4v) is 3.36. The molecule has 1 aliphatic heterocycles. The van der Waals surface area contributed by atoms with E-state index < -0.39 is 0 Å². The molecule has 2 aliphatic rings.